The van der Waals surface area contributed by atoms with E-state index in [1.54, 1.807) is 54.7 Å². The second kappa shape index (κ2) is 9.53. The van der Waals surface area contributed by atoms with Crippen molar-refractivity contribution in [2.75, 3.05) is 28.4 Å². The van der Waals surface area contributed by atoms with E-state index in [4.69, 9.17) is 18.9 Å². The van der Waals surface area contributed by atoms with E-state index in [1.165, 1.54) is 40.6 Å². The molecule has 0 unspecified atom stereocenters. The summed E-state index contributed by atoms with van der Waals surface area (Å²) < 4.78 is 47.3. The largest absolute Gasteiger partial charge is 0.494 e. The number of aliphatic imine (C=N–C) groups is 1. The minimum absolute atomic E-state index is 0.122. The summed E-state index contributed by atoms with van der Waals surface area (Å²) in [5.41, 5.74) is 1.04. The van der Waals surface area contributed by atoms with Crippen molar-refractivity contribution in [3.05, 3.63) is 66.2 Å². The Hall–Kier alpha value is -3.52. The van der Waals surface area contributed by atoms with Gasteiger partial charge in [-0.15, -0.1) is 0 Å². The summed E-state index contributed by atoms with van der Waals surface area (Å²) in [6, 6.07) is 16.3. The molecule has 0 N–H and O–H groups in total. The zero-order chi connectivity index (χ0) is 22.4. The molecule has 0 aliphatic rings. The summed E-state index contributed by atoms with van der Waals surface area (Å²) in [5.74, 6) is 1.87. The summed E-state index contributed by atoms with van der Waals surface area (Å²) >= 11 is 0. The zero-order valence-corrected chi connectivity index (χ0v) is 18.5. The van der Waals surface area contributed by atoms with Crippen LogP contribution in [0.2, 0.25) is 0 Å². The van der Waals surface area contributed by atoms with Crippen LogP contribution in [-0.4, -0.2) is 43.1 Å². The predicted molar refractivity (Wildman–Crippen MR) is 118 cm³/mol. The highest BCUT2D eigenvalue weighted by Crippen LogP contribution is 2.38. The van der Waals surface area contributed by atoms with Gasteiger partial charge in [0.25, 0.3) is 0 Å². The highest BCUT2D eigenvalue weighted by atomic mass is 32.2. The third-order valence-corrected chi connectivity index (χ3v) is 6.32. The fourth-order valence-electron chi connectivity index (χ4n) is 2.99. The van der Waals surface area contributed by atoms with Crippen LogP contribution >= 0.6 is 0 Å². The van der Waals surface area contributed by atoms with Gasteiger partial charge in [0.1, 0.15) is 11.4 Å². The van der Waals surface area contributed by atoms with Crippen LogP contribution in [0.4, 0.5) is 5.69 Å². The van der Waals surface area contributed by atoms with Crippen molar-refractivity contribution in [1.82, 2.24) is 0 Å². The molecule has 162 valence electrons. The molecule has 0 bridgehead atoms. The fourth-order valence-corrected chi connectivity index (χ4v) is 4.30. The second-order valence-corrected chi connectivity index (χ2v) is 8.32. The average molecular weight is 442 g/mol. The Labute approximate surface area is 181 Å². The van der Waals surface area contributed by atoms with E-state index in [1.807, 2.05) is 0 Å². The van der Waals surface area contributed by atoms with Crippen LogP contribution in [0.5, 0.6) is 23.0 Å². The first-order valence-corrected chi connectivity index (χ1v) is 10.7. The molecule has 0 fully saturated rings. The molecule has 31 heavy (non-hydrogen) atoms. The van der Waals surface area contributed by atoms with Crippen LogP contribution < -0.4 is 18.9 Å². The molecule has 0 aromatic heterocycles. The average Bonchev–Trinajstić information content (AvgIpc) is 2.82. The maximum Gasteiger partial charge on any atom is 0.206 e. The normalized spacial score (nSPS) is 11.4. The molecular formula is C23H23NO6S. The highest BCUT2D eigenvalue weighted by molar-refractivity contribution is 7.91. The molecule has 3 aromatic rings. The first kappa shape index (κ1) is 22.2. The molecule has 0 spiro atoms. The highest BCUT2D eigenvalue weighted by Gasteiger charge is 2.19. The summed E-state index contributed by atoms with van der Waals surface area (Å²) in [7, 11) is 2.39. The molecule has 0 aliphatic heterocycles. The van der Waals surface area contributed by atoms with Gasteiger partial charge in [-0.2, -0.15) is 0 Å². The third kappa shape index (κ3) is 4.64. The lowest BCUT2D eigenvalue weighted by Crippen LogP contribution is -2.02. The molecule has 0 aliphatic carbocycles. The monoisotopic (exact) mass is 441 g/mol. The van der Waals surface area contributed by atoms with Gasteiger partial charge >= 0.3 is 0 Å². The molecule has 0 saturated heterocycles. The topological polar surface area (TPSA) is 83.4 Å². The third-order valence-electron chi connectivity index (χ3n) is 4.55. The molecule has 7 nitrogen and oxygen atoms in total. The Bertz CT molecular complexity index is 1160. The Kier molecular flexibility index (Phi) is 6.81. The van der Waals surface area contributed by atoms with E-state index in [-0.39, 0.29) is 9.79 Å². The quantitative estimate of drug-likeness (QED) is 0.485. The lowest BCUT2D eigenvalue weighted by atomic mass is 10.2. The van der Waals surface area contributed by atoms with Crippen LogP contribution in [-0.2, 0) is 9.84 Å². The molecule has 0 heterocycles. The molecule has 8 heteroatoms. The minimum Gasteiger partial charge on any atom is -0.494 e. The maximum atomic E-state index is 13.0. The SMILES string of the molecule is COc1ccc(S(=O)(=O)c2ccccc2)cc1N=Cc1cc(OC)c(OC)c(OC)c1. The lowest BCUT2D eigenvalue weighted by Gasteiger charge is -2.13. The summed E-state index contributed by atoms with van der Waals surface area (Å²) in [6.07, 6.45) is 1.57. The number of hydrogen-bond acceptors (Lipinski definition) is 7. The minimum atomic E-state index is -3.69. The second-order valence-electron chi connectivity index (χ2n) is 6.37. The standard InChI is InChI=1S/C23H23NO6S/c1-27-20-11-10-18(31(25,26)17-8-6-5-7-9-17)14-19(20)24-15-16-12-21(28-2)23(30-4)22(13-16)29-3/h5-15H,1-4H3. The first-order chi connectivity index (χ1) is 14.9. The van der Waals surface area contributed by atoms with Gasteiger partial charge < -0.3 is 18.9 Å². The van der Waals surface area contributed by atoms with Crippen LogP contribution in [0.3, 0.4) is 0 Å². The van der Waals surface area contributed by atoms with Crippen LogP contribution in [0, 0.1) is 0 Å². The van der Waals surface area contributed by atoms with E-state index < -0.39 is 9.84 Å². The molecule has 0 amide bonds. The van der Waals surface area contributed by atoms with Crippen molar-refractivity contribution in [3.8, 4) is 23.0 Å². The number of rotatable bonds is 8. The lowest BCUT2D eigenvalue weighted by molar-refractivity contribution is 0.324. The van der Waals surface area contributed by atoms with Gasteiger partial charge in [-0.05, 0) is 42.5 Å². The van der Waals surface area contributed by atoms with Gasteiger partial charge in [0.05, 0.1) is 38.2 Å². The number of ether oxygens (including phenoxy) is 4. The number of sulfone groups is 1. The van der Waals surface area contributed by atoms with Gasteiger partial charge in [0.15, 0.2) is 11.5 Å². The number of methoxy groups -OCH3 is 4. The smallest absolute Gasteiger partial charge is 0.206 e. The Morgan fingerprint density at radius 1 is 0.710 bits per heavy atom. The van der Waals surface area contributed by atoms with Crippen molar-refractivity contribution >= 4 is 21.7 Å². The maximum absolute atomic E-state index is 13.0. The van der Waals surface area contributed by atoms with Crippen molar-refractivity contribution in [1.29, 1.82) is 0 Å². The molecule has 3 aromatic carbocycles. The van der Waals surface area contributed by atoms with Gasteiger partial charge in [0.2, 0.25) is 15.6 Å². The van der Waals surface area contributed by atoms with E-state index >= 15 is 0 Å². The summed E-state index contributed by atoms with van der Waals surface area (Å²) in [6.45, 7) is 0. The van der Waals surface area contributed by atoms with Gasteiger partial charge in [-0.1, -0.05) is 18.2 Å². The van der Waals surface area contributed by atoms with E-state index in [0.29, 0.717) is 34.2 Å². The Morgan fingerprint density at radius 3 is 1.87 bits per heavy atom. The predicted octanol–water partition coefficient (Wildman–Crippen LogP) is 4.30. The summed E-state index contributed by atoms with van der Waals surface area (Å²) in [4.78, 5) is 4.78. The molecule has 3 rings (SSSR count). The Balaban J connectivity index is 2.04. The van der Waals surface area contributed by atoms with Crippen molar-refractivity contribution in [2.45, 2.75) is 9.79 Å². The van der Waals surface area contributed by atoms with E-state index in [2.05, 4.69) is 4.99 Å². The Morgan fingerprint density at radius 2 is 1.32 bits per heavy atom. The molecule has 0 radical (unpaired) electrons. The fraction of sp³-hybridized carbons (Fsp3) is 0.174. The molecular weight excluding hydrogens is 418 g/mol. The summed E-state index contributed by atoms with van der Waals surface area (Å²) in [5, 5.41) is 0. The first-order valence-electron chi connectivity index (χ1n) is 9.26. The van der Waals surface area contributed by atoms with Crippen molar-refractivity contribution in [3.63, 3.8) is 0 Å². The van der Waals surface area contributed by atoms with Crippen molar-refractivity contribution in [2.24, 2.45) is 4.99 Å². The molecule has 0 saturated carbocycles. The van der Waals surface area contributed by atoms with Gasteiger partial charge in [-0.3, -0.25) is 4.99 Å². The number of benzene rings is 3. The molecule has 0 atom stereocenters. The van der Waals surface area contributed by atoms with Crippen LogP contribution in [0.25, 0.3) is 0 Å². The van der Waals surface area contributed by atoms with Crippen LogP contribution in [0.15, 0.2) is 75.4 Å². The van der Waals surface area contributed by atoms with E-state index in [0.717, 1.165) is 0 Å². The zero-order valence-electron chi connectivity index (χ0n) is 17.7. The van der Waals surface area contributed by atoms with Crippen molar-refractivity contribution < 1.29 is 27.4 Å². The number of nitrogens with zero attached hydrogens (tertiary/aromatic N) is 1. The van der Waals surface area contributed by atoms with E-state index in [9.17, 15) is 8.42 Å². The van der Waals surface area contributed by atoms with Crippen LogP contribution in [0.1, 0.15) is 5.56 Å². The van der Waals surface area contributed by atoms with Gasteiger partial charge in [-0.25, -0.2) is 8.42 Å². The number of hydrogen-bond donors (Lipinski definition) is 0. The van der Waals surface area contributed by atoms with Gasteiger partial charge in [0, 0.05) is 11.8 Å².